The van der Waals surface area contributed by atoms with E-state index in [9.17, 15) is 0 Å². The minimum atomic E-state index is 0.557. The van der Waals surface area contributed by atoms with Gasteiger partial charge in [0.25, 0.3) is 0 Å². The van der Waals surface area contributed by atoms with Gasteiger partial charge in [0.15, 0.2) is 0 Å². The molecule has 0 spiro atoms. The van der Waals surface area contributed by atoms with E-state index in [1.54, 1.807) is 0 Å². The number of ether oxygens (including phenoxy) is 1. The first-order valence-electron chi connectivity index (χ1n) is 6.53. The van der Waals surface area contributed by atoms with E-state index in [1.807, 2.05) is 0 Å². The molecule has 0 aliphatic carbocycles. The SMILES string of the molecule is CC(C)COCCNCC(C)c1ccccc1. The van der Waals surface area contributed by atoms with E-state index in [2.05, 4.69) is 56.4 Å². The average Bonchev–Trinajstić information content (AvgIpc) is 2.34. The summed E-state index contributed by atoms with van der Waals surface area (Å²) in [4.78, 5) is 0. The zero-order valence-corrected chi connectivity index (χ0v) is 11.3. The second kappa shape index (κ2) is 8.26. The molecule has 1 aromatic carbocycles. The quantitative estimate of drug-likeness (QED) is 0.699. The summed E-state index contributed by atoms with van der Waals surface area (Å²) in [5.74, 6) is 1.18. The topological polar surface area (TPSA) is 21.3 Å². The molecule has 0 radical (unpaired) electrons. The van der Waals surface area contributed by atoms with Gasteiger partial charge in [-0.25, -0.2) is 0 Å². The highest BCUT2D eigenvalue weighted by atomic mass is 16.5. The Hall–Kier alpha value is -0.860. The van der Waals surface area contributed by atoms with E-state index in [0.29, 0.717) is 11.8 Å². The van der Waals surface area contributed by atoms with Gasteiger partial charge in [0.05, 0.1) is 6.61 Å². The number of nitrogens with one attached hydrogen (secondary N) is 1. The molecule has 1 aromatic rings. The first-order valence-corrected chi connectivity index (χ1v) is 6.53. The Morgan fingerprint density at radius 2 is 1.82 bits per heavy atom. The molecule has 17 heavy (non-hydrogen) atoms. The van der Waals surface area contributed by atoms with Gasteiger partial charge in [-0.2, -0.15) is 0 Å². The zero-order valence-electron chi connectivity index (χ0n) is 11.3. The number of hydrogen-bond acceptors (Lipinski definition) is 2. The Bertz CT molecular complexity index is 284. The first kappa shape index (κ1) is 14.2. The lowest BCUT2D eigenvalue weighted by atomic mass is 10.0. The molecule has 0 aromatic heterocycles. The van der Waals surface area contributed by atoms with Gasteiger partial charge in [-0.05, 0) is 17.4 Å². The van der Waals surface area contributed by atoms with Crippen LogP contribution in [0, 0.1) is 5.92 Å². The van der Waals surface area contributed by atoms with Crippen molar-refractivity contribution in [3.05, 3.63) is 35.9 Å². The summed E-state index contributed by atoms with van der Waals surface area (Å²) in [6, 6.07) is 10.6. The fourth-order valence-corrected chi connectivity index (χ4v) is 1.68. The molecule has 2 heteroatoms. The molecule has 0 saturated carbocycles. The Morgan fingerprint density at radius 3 is 2.47 bits per heavy atom. The second-order valence-electron chi connectivity index (χ2n) is 4.98. The maximum Gasteiger partial charge on any atom is 0.0591 e. The molecule has 0 saturated heterocycles. The largest absolute Gasteiger partial charge is 0.380 e. The third-order valence-corrected chi connectivity index (χ3v) is 2.69. The fraction of sp³-hybridized carbons (Fsp3) is 0.600. The van der Waals surface area contributed by atoms with Crippen LogP contribution in [0.4, 0.5) is 0 Å². The molecule has 1 rings (SSSR count). The van der Waals surface area contributed by atoms with Crippen molar-refractivity contribution in [2.75, 3.05) is 26.3 Å². The highest BCUT2D eigenvalue weighted by Crippen LogP contribution is 2.12. The number of rotatable bonds is 8. The van der Waals surface area contributed by atoms with E-state index in [4.69, 9.17) is 4.74 Å². The molecule has 1 N–H and O–H groups in total. The third kappa shape index (κ3) is 6.44. The summed E-state index contributed by atoms with van der Waals surface area (Å²) in [5.41, 5.74) is 1.39. The first-order chi connectivity index (χ1) is 8.20. The van der Waals surface area contributed by atoms with Crippen LogP contribution >= 0.6 is 0 Å². The zero-order chi connectivity index (χ0) is 12.5. The van der Waals surface area contributed by atoms with Crippen LogP contribution in [-0.2, 0) is 4.74 Å². The molecule has 0 aliphatic heterocycles. The molecule has 1 atom stereocenters. The van der Waals surface area contributed by atoms with Crippen molar-refractivity contribution < 1.29 is 4.74 Å². The summed E-state index contributed by atoms with van der Waals surface area (Å²) in [6.07, 6.45) is 0. The van der Waals surface area contributed by atoms with Gasteiger partial charge in [0.1, 0.15) is 0 Å². The fourth-order valence-electron chi connectivity index (χ4n) is 1.68. The highest BCUT2D eigenvalue weighted by Gasteiger charge is 2.03. The van der Waals surface area contributed by atoms with Crippen LogP contribution in [0.2, 0.25) is 0 Å². The van der Waals surface area contributed by atoms with E-state index < -0.39 is 0 Å². The van der Waals surface area contributed by atoms with E-state index in [1.165, 1.54) is 5.56 Å². The Labute approximate surface area is 105 Å². The van der Waals surface area contributed by atoms with Crippen LogP contribution in [-0.4, -0.2) is 26.3 Å². The normalized spacial score (nSPS) is 12.9. The van der Waals surface area contributed by atoms with Gasteiger partial charge in [-0.15, -0.1) is 0 Å². The maximum atomic E-state index is 5.52. The summed E-state index contributed by atoms with van der Waals surface area (Å²) in [5, 5.41) is 3.43. The smallest absolute Gasteiger partial charge is 0.0591 e. The highest BCUT2D eigenvalue weighted by molar-refractivity contribution is 5.18. The maximum absolute atomic E-state index is 5.52. The van der Waals surface area contributed by atoms with E-state index >= 15 is 0 Å². The van der Waals surface area contributed by atoms with Crippen molar-refractivity contribution >= 4 is 0 Å². The van der Waals surface area contributed by atoms with Gasteiger partial charge in [-0.1, -0.05) is 51.1 Å². The van der Waals surface area contributed by atoms with Crippen molar-refractivity contribution in [2.45, 2.75) is 26.7 Å². The summed E-state index contributed by atoms with van der Waals surface area (Å²) in [7, 11) is 0. The van der Waals surface area contributed by atoms with Gasteiger partial charge < -0.3 is 10.1 Å². The van der Waals surface area contributed by atoms with Gasteiger partial charge >= 0.3 is 0 Å². The van der Waals surface area contributed by atoms with Gasteiger partial charge in [0, 0.05) is 19.7 Å². The molecule has 0 fully saturated rings. The third-order valence-electron chi connectivity index (χ3n) is 2.69. The molecule has 1 unspecified atom stereocenters. The van der Waals surface area contributed by atoms with E-state index in [-0.39, 0.29) is 0 Å². The van der Waals surface area contributed by atoms with Crippen molar-refractivity contribution in [3.8, 4) is 0 Å². The van der Waals surface area contributed by atoms with Crippen molar-refractivity contribution in [3.63, 3.8) is 0 Å². The summed E-state index contributed by atoms with van der Waals surface area (Å²) < 4.78 is 5.52. The predicted molar refractivity (Wildman–Crippen MR) is 73.4 cm³/mol. The molecule has 0 heterocycles. The lowest BCUT2D eigenvalue weighted by Crippen LogP contribution is -2.24. The van der Waals surface area contributed by atoms with Crippen LogP contribution in [0.3, 0.4) is 0 Å². The van der Waals surface area contributed by atoms with Crippen LogP contribution in [0.25, 0.3) is 0 Å². The summed E-state index contributed by atoms with van der Waals surface area (Å²) >= 11 is 0. The Balaban J connectivity index is 2.07. The lowest BCUT2D eigenvalue weighted by molar-refractivity contribution is 0.111. The monoisotopic (exact) mass is 235 g/mol. The Morgan fingerprint density at radius 1 is 1.12 bits per heavy atom. The average molecular weight is 235 g/mol. The van der Waals surface area contributed by atoms with Crippen LogP contribution < -0.4 is 5.32 Å². The summed E-state index contributed by atoms with van der Waals surface area (Å²) in [6.45, 7) is 10.2. The molecule has 0 bridgehead atoms. The molecule has 0 aliphatic rings. The molecule has 2 nitrogen and oxygen atoms in total. The second-order valence-corrected chi connectivity index (χ2v) is 4.98. The molecular weight excluding hydrogens is 210 g/mol. The van der Waals surface area contributed by atoms with Crippen LogP contribution in [0.15, 0.2) is 30.3 Å². The molecule has 96 valence electrons. The number of benzene rings is 1. The van der Waals surface area contributed by atoms with Crippen LogP contribution in [0.1, 0.15) is 32.3 Å². The predicted octanol–water partition coefficient (Wildman–Crippen LogP) is 3.05. The van der Waals surface area contributed by atoms with Crippen molar-refractivity contribution in [1.82, 2.24) is 5.32 Å². The molecule has 0 amide bonds. The van der Waals surface area contributed by atoms with Crippen molar-refractivity contribution in [1.29, 1.82) is 0 Å². The van der Waals surface area contributed by atoms with Crippen LogP contribution in [0.5, 0.6) is 0 Å². The van der Waals surface area contributed by atoms with Gasteiger partial charge in [-0.3, -0.25) is 0 Å². The lowest BCUT2D eigenvalue weighted by Gasteiger charge is -2.13. The van der Waals surface area contributed by atoms with E-state index in [0.717, 1.165) is 26.3 Å². The Kier molecular flexibility index (Phi) is 6.90. The number of hydrogen-bond donors (Lipinski definition) is 1. The van der Waals surface area contributed by atoms with Crippen molar-refractivity contribution in [2.24, 2.45) is 5.92 Å². The molecular formula is C15H25NO. The standard InChI is InChI=1S/C15H25NO/c1-13(2)12-17-10-9-16-11-14(3)15-7-5-4-6-8-15/h4-8,13-14,16H,9-12H2,1-3H3. The van der Waals surface area contributed by atoms with Gasteiger partial charge in [0.2, 0.25) is 0 Å². The minimum absolute atomic E-state index is 0.557. The minimum Gasteiger partial charge on any atom is -0.380 e.